The van der Waals surface area contributed by atoms with E-state index in [1.54, 1.807) is 4.90 Å². The molecule has 26 heavy (non-hydrogen) atoms. The molecule has 5 nitrogen and oxygen atoms in total. The molecule has 1 heterocycles. The summed E-state index contributed by atoms with van der Waals surface area (Å²) in [5, 5.41) is 2.53. The second-order valence-corrected chi connectivity index (χ2v) is 7.16. The quantitative estimate of drug-likeness (QED) is 0.867. The van der Waals surface area contributed by atoms with Gasteiger partial charge in [-0.3, -0.25) is 14.5 Å². The van der Waals surface area contributed by atoms with Crippen LogP contribution in [-0.4, -0.2) is 60.3 Å². The fourth-order valence-electron chi connectivity index (χ4n) is 3.59. The van der Waals surface area contributed by atoms with Crippen LogP contribution in [0.4, 0.5) is 8.78 Å². The number of carbonyl (C=O) groups excluding carboxylic acids is 2. The largest absolute Gasteiger partial charge is 0.347 e. The highest BCUT2D eigenvalue weighted by Crippen LogP contribution is 2.38. The van der Waals surface area contributed by atoms with E-state index < -0.39 is 24.2 Å². The lowest BCUT2D eigenvalue weighted by Crippen LogP contribution is -2.51. The molecule has 0 radical (unpaired) electrons. The summed E-state index contributed by atoms with van der Waals surface area (Å²) in [4.78, 5) is 28.2. The Kier molecular flexibility index (Phi) is 5.86. The number of amides is 2. The first kappa shape index (κ1) is 18.8. The predicted octanol–water partition coefficient (Wildman–Crippen LogP) is 1.88. The van der Waals surface area contributed by atoms with Crippen LogP contribution in [0.2, 0.25) is 0 Å². The Hall–Kier alpha value is -2.02. The minimum absolute atomic E-state index is 0.112. The van der Waals surface area contributed by atoms with Gasteiger partial charge in [0, 0.05) is 51.5 Å². The van der Waals surface area contributed by atoms with Gasteiger partial charge in [0.1, 0.15) is 0 Å². The van der Waals surface area contributed by atoms with Crippen molar-refractivity contribution in [2.45, 2.75) is 31.7 Å². The summed E-state index contributed by atoms with van der Waals surface area (Å²) in [6.07, 6.45) is -0.473. The minimum atomic E-state index is -2.75. The molecule has 1 aliphatic carbocycles. The van der Waals surface area contributed by atoms with Gasteiger partial charge in [-0.25, -0.2) is 8.78 Å². The normalized spacial score (nSPS) is 23.0. The molecular weight excluding hydrogens is 340 g/mol. The van der Waals surface area contributed by atoms with Crippen molar-refractivity contribution in [3.05, 3.63) is 35.9 Å². The maximum atomic E-state index is 13.2. The fraction of sp³-hybridized carbons (Fsp3) is 0.579. The maximum absolute atomic E-state index is 13.2. The lowest BCUT2D eigenvalue weighted by Gasteiger charge is -2.34. The molecule has 1 saturated heterocycles. The monoisotopic (exact) mass is 365 g/mol. The molecule has 7 heteroatoms. The molecule has 1 unspecified atom stereocenters. The van der Waals surface area contributed by atoms with Crippen LogP contribution in [0.25, 0.3) is 0 Å². The minimum Gasteiger partial charge on any atom is -0.347 e. The first-order chi connectivity index (χ1) is 12.4. The fourth-order valence-corrected chi connectivity index (χ4v) is 3.59. The van der Waals surface area contributed by atoms with Gasteiger partial charge in [-0.05, 0) is 12.0 Å². The Morgan fingerprint density at radius 1 is 1.12 bits per heavy atom. The van der Waals surface area contributed by atoms with E-state index in [4.69, 9.17) is 0 Å². The van der Waals surface area contributed by atoms with E-state index in [9.17, 15) is 18.4 Å². The number of nitrogens with one attached hydrogen (secondary N) is 1. The first-order valence-electron chi connectivity index (χ1n) is 9.12. The third-order valence-corrected chi connectivity index (χ3v) is 5.16. The number of benzene rings is 1. The van der Waals surface area contributed by atoms with Gasteiger partial charge in [0.15, 0.2) is 0 Å². The maximum Gasteiger partial charge on any atom is 0.248 e. The van der Waals surface area contributed by atoms with Gasteiger partial charge in [0.2, 0.25) is 17.7 Å². The molecule has 0 bridgehead atoms. The molecule has 142 valence electrons. The lowest BCUT2D eigenvalue weighted by molar-refractivity contribution is -0.135. The number of halogens is 2. The number of hydrogen-bond donors (Lipinski definition) is 1. The van der Waals surface area contributed by atoms with Gasteiger partial charge in [-0.1, -0.05) is 30.3 Å². The molecular formula is C19H25F2N3O2. The third-order valence-electron chi connectivity index (χ3n) is 5.16. The zero-order valence-corrected chi connectivity index (χ0v) is 14.8. The zero-order valence-electron chi connectivity index (χ0n) is 14.8. The van der Waals surface area contributed by atoms with E-state index in [-0.39, 0.29) is 25.3 Å². The van der Waals surface area contributed by atoms with Gasteiger partial charge in [0.25, 0.3) is 0 Å². The van der Waals surface area contributed by atoms with Crippen molar-refractivity contribution in [1.29, 1.82) is 0 Å². The first-order valence-corrected chi connectivity index (χ1v) is 9.12. The molecule has 1 atom stereocenters. The Morgan fingerprint density at radius 2 is 1.81 bits per heavy atom. The van der Waals surface area contributed by atoms with Crippen molar-refractivity contribution in [2.24, 2.45) is 5.92 Å². The average Bonchev–Trinajstić information content (AvgIpc) is 3.01. The van der Waals surface area contributed by atoms with Gasteiger partial charge in [-0.15, -0.1) is 0 Å². The second kappa shape index (κ2) is 8.12. The smallest absolute Gasteiger partial charge is 0.248 e. The number of rotatable bonds is 5. The van der Waals surface area contributed by atoms with Crippen LogP contribution >= 0.6 is 0 Å². The summed E-state index contributed by atoms with van der Waals surface area (Å²) in [7, 11) is 0. The molecule has 2 aliphatic rings. The van der Waals surface area contributed by atoms with Gasteiger partial charge >= 0.3 is 0 Å². The Balaban J connectivity index is 1.38. The van der Waals surface area contributed by atoms with Crippen LogP contribution in [0.5, 0.6) is 0 Å². The van der Waals surface area contributed by atoms with Crippen molar-refractivity contribution in [3.63, 3.8) is 0 Å². The summed E-state index contributed by atoms with van der Waals surface area (Å²) in [6.45, 7) is 3.54. The molecule has 1 N–H and O–H groups in total. The van der Waals surface area contributed by atoms with E-state index in [0.717, 1.165) is 19.6 Å². The molecule has 0 aromatic heterocycles. The van der Waals surface area contributed by atoms with Crippen molar-refractivity contribution in [1.82, 2.24) is 15.1 Å². The number of carbonyl (C=O) groups is 2. The number of nitrogens with zero attached hydrogens (tertiary/aromatic N) is 2. The third kappa shape index (κ3) is 5.00. The molecule has 1 aromatic rings. The SMILES string of the molecule is O=C(NCC(=O)N1CCN(Cc2ccccc2)CC1)C1CCC(F)(F)C1. The highest BCUT2D eigenvalue weighted by atomic mass is 19.3. The summed E-state index contributed by atoms with van der Waals surface area (Å²) < 4.78 is 26.4. The van der Waals surface area contributed by atoms with E-state index in [0.29, 0.717) is 13.1 Å². The van der Waals surface area contributed by atoms with Crippen LogP contribution in [-0.2, 0) is 16.1 Å². The number of piperazine rings is 1. The predicted molar refractivity (Wildman–Crippen MR) is 93.6 cm³/mol. The van der Waals surface area contributed by atoms with Crippen LogP contribution in [0.1, 0.15) is 24.8 Å². The summed E-state index contributed by atoms with van der Waals surface area (Å²) in [5.41, 5.74) is 1.24. The molecule has 0 spiro atoms. The van der Waals surface area contributed by atoms with Gasteiger partial charge in [0.05, 0.1) is 6.54 Å². The molecule has 1 saturated carbocycles. The van der Waals surface area contributed by atoms with Crippen LogP contribution in [0, 0.1) is 5.92 Å². The standard InChI is InChI=1S/C19H25F2N3O2/c20-19(21)7-6-16(12-19)18(26)22-13-17(25)24-10-8-23(9-11-24)14-15-4-2-1-3-5-15/h1-5,16H,6-14H2,(H,22,26). The molecule has 3 rings (SSSR count). The van der Waals surface area contributed by atoms with Crippen molar-refractivity contribution >= 4 is 11.8 Å². The second-order valence-electron chi connectivity index (χ2n) is 7.16. The van der Waals surface area contributed by atoms with E-state index in [2.05, 4.69) is 22.3 Å². The summed E-state index contributed by atoms with van der Waals surface area (Å²) in [5.74, 6) is -4.01. The van der Waals surface area contributed by atoms with E-state index in [1.165, 1.54) is 5.56 Å². The van der Waals surface area contributed by atoms with Crippen molar-refractivity contribution in [2.75, 3.05) is 32.7 Å². The van der Waals surface area contributed by atoms with Crippen LogP contribution in [0.15, 0.2) is 30.3 Å². The van der Waals surface area contributed by atoms with E-state index in [1.807, 2.05) is 18.2 Å². The summed E-state index contributed by atoms with van der Waals surface area (Å²) in [6, 6.07) is 10.2. The van der Waals surface area contributed by atoms with Crippen molar-refractivity contribution < 1.29 is 18.4 Å². The molecule has 1 aromatic carbocycles. The Bertz CT molecular complexity index is 631. The van der Waals surface area contributed by atoms with Crippen LogP contribution in [0.3, 0.4) is 0 Å². The summed E-state index contributed by atoms with van der Waals surface area (Å²) >= 11 is 0. The number of alkyl halides is 2. The topological polar surface area (TPSA) is 52.7 Å². The lowest BCUT2D eigenvalue weighted by atomic mass is 10.1. The van der Waals surface area contributed by atoms with Crippen molar-refractivity contribution in [3.8, 4) is 0 Å². The van der Waals surface area contributed by atoms with Crippen LogP contribution < -0.4 is 5.32 Å². The zero-order chi connectivity index (χ0) is 18.6. The van der Waals surface area contributed by atoms with Gasteiger partial charge in [-0.2, -0.15) is 0 Å². The molecule has 1 aliphatic heterocycles. The Morgan fingerprint density at radius 3 is 2.42 bits per heavy atom. The average molecular weight is 365 g/mol. The molecule has 2 amide bonds. The highest BCUT2D eigenvalue weighted by molar-refractivity contribution is 5.86. The highest BCUT2D eigenvalue weighted by Gasteiger charge is 2.42. The molecule has 2 fully saturated rings. The van der Waals surface area contributed by atoms with Gasteiger partial charge < -0.3 is 10.2 Å². The van der Waals surface area contributed by atoms with E-state index >= 15 is 0 Å². The Labute approximate surface area is 152 Å². The number of hydrogen-bond acceptors (Lipinski definition) is 3.